The van der Waals surface area contributed by atoms with Crippen molar-refractivity contribution in [2.24, 2.45) is 0 Å². The van der Waals surface area contributed by atoms with E-state index in [9.17, 15) is 14.3 Å². The molecule has 4 heteroatoms. The first kappa shape index (κ1) is 25.0. The van der Waals surface area contributed by atoms with Crippen LogP contribution in [0.1, 0.15) is 50.8 Å². The molecule has 176 valence electrons. The van der Waals surface area contributed by atoms with Crippen LogP contribution in [0, 0.1) is 12.7 Å². The van der Waals surface area contributed by atoms with E-state index in [2.05, 4.69) is 0 Å². The molecule has 3 rings (SSSR count). The Balaban J connectivity index is 1.93. The predicted octanol–water partition coefficient (Wildman–Crippen LogP) is 7.94. The van der Waals surface area contributed by atoms with Gasteiger partial charge in [0.2, 0.25) is 0 Å². The minimum Gasteiger partial charge on any atom is -0.488 e. The number of carbonyl (C=O) groups is 1. The van der Waals surface area contributed by atoms with Crippen molar-refractivity contribution in [3.63, 3.8) is 0 Å². The molecule has 0 atom stereocenters. The Morgan fingerprint density at radius 3 is 2.09 bits per heavy atom. The van der Waals surface area contributed by atoms with Gasteiger partial charge in [0.1, 0.15) is 17.2 Å². The van der Waals surface area contributed by atoms with Crippen molar-refractivity contribution in [3.05, 3.63) is 101 Å². The molecule has 0 saturated carbocycles. The Labute approximate surface area is 201 Å². The lowest BCUT2D eigenvalue weighted by Crippen LogP contribution is -2.22. The Bertz CT molecular complexity index is 1210. The number of aryl methyl sites for hydroxylation is 1. The molecule has 0 aliphatic rings. The van der Waals surface area contributed by atoms with E-state index in [1.54, 1.807) is 19.1 Å². The van der Waals surface area contributed by atoms with E-state index < -0.39 is 11.8 Å². The van der Waals surface area contributed by atoms with Gasteiger partial charge in [0.15, 0.2) is 0 Å². The number of hydrogen-bond acceptors (Lipinski definition) is 2. The molecule has 0 heterocycles. The largest absolute Gasteiger partial charge is 0.488 e. The van der Waals surface area contributed by atoms with Gasteiger partial charge < -0.3 is 9.84 Å². The van der Waals surface area contributed by atoms with Gasteiger partial charge in [-0.15, -0.1) is 0 Å². The zero-order chi connectivity index (χ0) is 24.9. The summed E-state index contributed by atoms with van der Waals surface area (Å²) in [6, 6.07) is 20.1. The standard InChI is InChI=1S/C30H31FO3/c1-6-7-24(18-28(29(32)33)27-19-25(31)15-8-20(27)2)23-11-9-21(10-12-23)22-13-16-26(17-14-22)34-30(3,4)5/h7-19H,6H2,1-5H3,(H,32,33)/b24-7-,28-18+. The number of aliphatic carboxylic acids is 1. The van der Waals surface area contributed by atoms with Gasteiger partial charge in [-0.05, 0) is 97.8 Å². The van der Waals surface area contributed by atoms with Gasteiger partial charge in [0, 0.05) is 0 Å². The fourth-order valence-corrected chi connectivity index (χ4v) is 3.70. The average molecular weight is 459 g/mol. The molecular weight excluding hydrogens is 427 g/mol. The number of allylic oxidation sites excluding steroid dienone is 3. The molecule has 3 nitrogen and oxygen atoms in total. The van der Waals surface area contributed by atoms with Gasteiger partial charge in [0.25, 0.3) is 0 Å². The van der Waals surface area contributed by atoms with Crippen molar-refractivity contribution >= 4 is 17.1 Å². The van der Waals surface area contributed by atoms with Crippen LogP contribution in [0.4, 0.5) is 4.39 Å². The number of benzene rings is 3. The lowest BCUT2D eigenvalue weighted by Gasteiger charge is -2.21. The smallest absolute Gasteiger partial charge is 0.336 e. The molecule has 3 aromatic carbocycles. The van der Waals surface area contributed by atoms with Crippen LogP contribution in [-0.2, 0) is 4.79 Å². The number of hydrogen-bond donors (Lipinski definition) is 1. The minimum absolute atomic E-state index is 0.0650. The quantitative estimate of drug-likeness (QED) is 0.289. The maximum absolute atomic E-state index is 13.8. The van der Waals surface area contributed by atoms with Crippen LogP contribution in [0.5, 0.6) is 5.75 Å². The van der Waals surface area contributed by atoms with E-state index in [-0.39, 0.29) is 11.2 Å². The van der Waals surface area contributed by atoms with Gasteiger partial charge in [0.05, 0.1) is 5.57 Å². The van der Waals surface area contributed by atoms with Crippen LogP contribution in [0.25, 0.3) is 22.3 Å². The Hall–Kier alpha value is -3.66. The molecule has 3 aromatic rings. The topological polar surface area (TPSA) is 46.5 Å². The van der Waals surface area contributed by atoms with Gasteiger partial charge >= 0.3 is 5.97 Å². The normalized spacial score (nSPS) is 12.5. The van der Waals surface area contributed by atoms with Crippen LogP contribution < -0.4 is 4.74 Å². The summed E-state index contributed by atoms with van der Waals surface area (Å²) in [5.74, 6) is -0.734. The molecule has 0 spiro atoms. The zero-order valence-corrected chi connectivity index (χ0v) is 20.4. The first-order valence-corrected chi connectivity index (χ1v) is 11.4. The molecule has 0 saturated heterocycles. The van der Waals surface area contributed by atoms with E-state index in [1.165, 1.54) is 12.1 Å². The summed E-state index contributed by atoms with van der Waals surface area (Å²) in [4.78, 5) is 12.1. The summed E-state index contributed by atoms with van der Waals surface area (Å²) in [6.07, 6.45) is 4.34. The van der Waals surface area contributed by atoms with Gasteiger partial charge in [-0.3, -0.25) is 0 Å². The van der Waals surface area contributed by atoms with Crippen molar-refractivity contribution in [2.75, 3.05) is 0 Å². The van der Waals surface area contributed by atoms with Crippen molar-refractivity contribution in [2.45, 2.75) is 46.6 Å². The van der Waals surface area contributed by atoms with Crippen LogP contribution in [0.2, 0.25) is 0 Å². The second-order valence-electron chi connectivity index (χ2n) is 9.21. The van der Waals surface area contributed by atoms with E-state index in [1.807, 2.05) is 82.3 Å². The number of carboxylic acid groups (broad SMARTS) is 1. The van der Waals surface area contributed by atoms with E-state index in [0.717, 1.165) is 34.4 Å². The first-order chi connectivity index (χ1) is 16.1. The molecule has 0 radical (unpaired) electrons. The highest BCUT2D eigenvalue weighted by atomic mass is 19.1. The van der Waals surface area contributed by atoms with Crippen LogP contribution in [0.3, 0.4) is 0 Å². The van der Waals surface area contributed by atoms with Gasteiger partial charge in [-0.25, -0.2) is 9.18 Å². The first-order valence-electron chi connectivity index (χ1n) is 11.4. The van der Waals surface area contributed by atoms with Crippen molar-refractivity contribution < 1.29 is 19.0 Å². The second-order valence-corrected chi connectivity index (χ2v) is 9.21. The summed E-state index contributed by atoms with van der Waals surface area (Å²) >= 11 is 0. The highest BCUT2D eigenvalue weighted by molar-refractivity contribution is 6.18. The monoisotopic (exact) mass is 458 g/mol. The summed E-state index contributed by atoms with van der Waals surface area (Å²) < 4.78 is 19.7. The molecular formula is C30H31FO3. The summed E-state index contributed by atoms with van der Waals surface area (Å²) in [5.41, 5.74) is 4.68. The van der Waals surface area contributed by atoms with E-state index in [4.69, 9.17) is 4.74 Å². The van der Waals surface area contributed by atoms with Crippen molar-refractivity contribution in [1.29, 1.82) is 0 Å². The lowest BCUT2D eigenvalue weighted by molar-refractivity contribution is -0.130. The number of rotatable bonds is 7. The van der Waals surface area contributed by atoms with Gasteiger partial charge in [-0.2, -0.15) is 0 Å². The second kappa shape index (κ2) is 10.5. The van der Waals surface area contributed by atoms with Gasteiger partial charge in [-0.1, -0.05) is 55.5 Å². The zero-order valence-electron chi connectivity index (χ0n) is 20.4. The van der Waals surface area contributed by atoms with Crippen molar-refractivity contribution in [1.82, 2.24) is 0 Å². The third kappa shape index (κ3) is 6.44. The molecule has 0 aromatic heterocycles. The van der Waals surface area contributed by atoms with Crippen LogP contribution >= 0.6 is 0 Å². The minimum atomic E-state index is -1.09. The average Bonchev–Trinajstić information content (AvgIpc) is 2.78. The van der Waals surface area contributed by atoms with Crippen molar-refractivity contribution in [3.8, 4) is 16.9 Å². The highest BCUT2D eigenvalue weighted by Crippen LogP contribution is 2.29. The number of halogens is 1. The highest BCUT2D eigenvalue weighted by Gasteiger charge is 2.15. The summed E-state index contributed by atoms with van der Waals surface area (Å²) in [5, 5.41) is 9.86. The van der Waals surface area contributed by atoms with Crippen LogP contribution in [0.15, 0.2) is 78.9 Å². The molecule has 0 unspecified atom stereocenters. The molecule has 0 aliphatic heterocycles. The fraction of sp³-hybridized carbons (Fsp3) is 0.233. The molecule has 0 amide bonds. The third-order valence-electron chi connectivity index (χ3n) is 5.27. The molecule has 0 fully saturated rings. The maximum Gasteiger partial charge on any atom is 0.336 e. The number of ether oxygens (including phenoxy) is 1. The molecule has 34 heavy (non-hydrogen) atoms. The Kier molecular flexibility index (Phi) is 7.72. The lowest BCUT2D eigenvalue weighted by atomic mass is 9.94. The van der Waals surface area contributed by atoms with Crippen LogP contribution in [-0.4, -0.2) is 16.7 Å². The molecule has 1 N–H and O–H groups in total. The Morgan fingerprint density at radius 1 is 0.971 bits per heavy atom. The Morgan fingerprint density at radius 2 is 1.56 bits per heavy atom. The fourth-order valence-electron chi connectivity index (χ4n) is 3.70. The summed E-state index contributed by atoms with van der Waals surface area (Å²) in [6.45, 7) is 9.82. The maximum atomic E-state index is 13.8. The van der Waals surface area contributed by atoms with E-state index >= 15 is 0 Å². The third-order valence-corrected chi connectivity index (χ3v) is 5.27. The summed E-state index contributed by atoms with van der Waals surface area (Å²) in [7, 11) is 0. The molecule has 0 bridgehead atoms. The number of carboxylic acids is 1. The van der Waals surface area contributed by atoms with E-state index in [0.29, 0.717) is 11.1 Å². The molecule has 0 aliphatic carbocycles. The SMILES string of the molecule is CC/C=C(/C=C(/C(=O)O)c1cc(F)ccc1C)c1ccc(-c2ccc(OC(C)(C)C)cc2)cc1. The predicted molar refractivity (Wildman–Crippen MR) is 137 cm³/mol.